The van der Waals surface area contributed by atoms with Crippen LogP contribution in [-0.4, -0.2) is 56.9 Å². The molecule has 2 aromatic rings. The first-order valence-corrected chi connectivity index (χ1v) is 10.8. The van der Waals surface area contributed by atoms with Crippen molar-refractivity contribution in [2.75, 3.05) is 31.6 Å². The SMILES string of the molecule is Cc1cc(OCC2(O)CCCN(CC(=O)Nc3cc(=O)n(C)c(=O)n3C)C2)cc(C)c1Cl. The minimum absolute atomic E-state index is 0.0187. The maximum absolute atomic E-state index is 12.5. The third-order valence-electron chi connectivity index (χ3n) is 5.71. The molecule has 1 amide bonds. The summed E-state index contributed by atoms with van der Waals surface area (Å²) < 4.78 is 8.02. The lowest BCUT2D eigenvalue weighted by Gasteiger charge is -2.38. The van der Waals surface area contributed by atoms with Crippen LogP contribution in [0.2, 0.25) is 5.02 Å². The second-order valence-corrected chi connectivity index (χ2v) is 8.89. The summed E-state index contributed by atoms with van der Waals surface area (Å²) in [5, 5.41) is 14.3. The normalized spacial score (nSPS) is 19.1. The summed E-state index contributed by atoms with van der Waals surface area (Å²) in [5.41, 5.74) is -0.317. The molecule has 1 aliphatic rings. The smallest absolute Gasteiger partial charge is 0.332 e. The number of aliphatic hydroxyl groups is 1. The molecule has 2 N–H and O–H groups in total. The van der Waals surface area contributed by atoms with Crippen LogP contribution in [0.5, 0.6) is 5.75 Å². The highest BCUT2D eigenvalue weighted by Crippen LogP contribution is 2.28. The summed E-state index contributed by atoms with van der Waals surface area (Å²) in [6.07, 6.45) is 1.26. The quantitative estimate of drug-likeness (QED) is 0.665. The van der Waals surface area contributed by atoms with Crippen molar-refractivity contribution >= 4 is 23.3 Å². The largest absolute Gasteiger partial charge is 0.491 e. The molecule has 0 spiro atoms. The molecule has 0 aliphatic carbocycles. The van der Waals surface area contributed by atoms with Crippen LogP contribution in [0.4, 0.5) is 5.82 Å². The van der Waals surface area contributed by atoms with Gasteiger partial charge in [0.25, 0.3) is 5.56 Å². The van der Waals surface area contributed by atoms with Crippen molar-refractivity contribution < 1.29 is 14.6 Å². The number of aromatic nitrogens is 2. The topological polar surface area (TPSA) is 106 Å². The molecule has 1 saturated heterocycles. The van der Waals surface area contributed by atoms with E-state index < -0.39 is 16.9 Å². The number of rotatable bonds is 6. The van der Waals surface area contributed by atoms with E-state index >= 15 is 0 Å². The number of halogens is 1. The summed E-state index contributed by atoms with van der Waals surface area (Å²) in [6.45, 7) is 4.82. The maximum Gasteiger partial charge on any atom is 0.332 e. The third-order valence-corrected chi connectivity index (χ3v) is 6.31. The molecule has 1 aromatic heterocycles. The van der Waals surface area contributed by atoms with E-state index in [0.717, 1.165) is 15.7 Å². The number of hydrogen-bond acceptors (Lipinski definition) is 6. The Morgan fingerprint density at radius 3 is 2.50 bits per heavy atom. The predicted molar refractivity (Wildman–Crippen MR) is 123 cm³/mol. The molecule has 1 aromatic carbocycles. The fraction of sp³-hybridized carbons (Fsp3) is 0.500. The highest BCUT2D eigenvalue weighted by atomic mass is 35.5. The molecule has 1 fully saturated rings. The lowest BCUT2D eigenvalue weighted by Crippen LogP contribution is -2.53. The van der Waals surface area contributed by atoms with Gasteiger partial charge in [-0.15, -0.1) is 0 Å². The number of nitrogens with zero attached hydrogens (tertiary/aromatic N) is 3. The van der Waals surface area contributed by atoms with Gasteiger partial charge in [-0.25, -0.2) is 4.79 Å². The van der Waals surface area contributed by atoms with E-state index in [0.29, 0.717) is 30.2 Å². The van der Waals surface area contributed by atoms with Gasteiger partial charge in [-0.05, 0) is 56.5 Å². The molecule has 9 nitrogen and oxygen atoms in total. The number of carbonyl (C=O) groups is 1. The van der Waals surface area contributed by atoms with Crippen LogP contribution < -0.4 is 21.3 Å². The van der Waals surface area contributed by atoms with E-state index in [1.165, 1.54) is 24.7 Å². The fourth-order valence-corrected chi connectivity index (χ4v) is 4.01. The van der Waals surface area contributed by atoms with Crippen molar-refractivity contribution in [1.29, 1.82) is 0 Å². The molecule has 1 aliphatic heterocycles. The van der Waals surface area contributed by atoms with Gasteiger partial charge in [-0.2, -0.15) is 0 Å². The van der Waals surface area contributed by atoms with Crippen LogP contribution in [0.25, 0.3) is 0 Å². The van der Waals surface area contributed by atoms with Crippen molar-refractivity contribution in [3.05, 3.63) is 55.2 Å². The first-order chi connectivity index (χ1) is 15.0. The summed E-state index contributed by atoms with van der Waals surface area (Å²) in [7, 11) is 2.86. The van der Waals surface area contributed by atoms with E-state index in [2.05, 4.69) is 5.32 Å². The Labute approximate surface area is 191 Å². The van der Waals surface area contributed by atoms with Crippen LogP contribution >= 0.6 is 11.6 Å². The van der Waals surface area contributed by atoms with Crippen LogP contribution in [0.3, 0.4) is 0 Å². The zero-order valence-corrected chi connectivity index (χ0v) is 19.5. The molecule has 174 valence electrons. The Balaban J connectivity index is 1.61. The maximum atomic E-state index is 12.5. The van der Waals surface area contributed by atoms with E-state index in [4.69, 9.17) is 16.3 Å². The second kappa shape index (κ2) is 9.48. The zero-order chi connectivity index (χ0) is 23.6. The second-order valence-electron chi connectivity index (χ2n) is 8.51. The van der Waals surface area contributed by atoms with Gasteiger partial charge >= 0.3 is 5.69 Å². The summed E-state index contributed by atoms with van der Waals surface area (Å²) in [5.74, 6) is 0.397. The Bertz CT molecular complexity index is 1120. The van der Waals surface area contributed by atoms with Crippen molar-refractivity contribution in [1.82, 2.24) is 14.0 Å². The molecular weight excluding hydrogens is 436 g/mol. The number of hydrogen-bond donors (Lipinski definition) is 2. The van der Waals surface area contributed by atoms with E-state index in [9.17, 15) is 19.5 Å². The molecule has 0 radical (unpaired) electrons. The minimum Gasteiger partial charge on any atom is -0.491 e. The summed E-state index contributed by atoms with van der Waals surface area (Å²) in [4.78, 5) is 38.2. The Morgan fingerprint density at radius 1 is 1.19 bits per heavy atom. The van der Waals surface area contributed by atoms with E-state index in [1.807, 2.05) is 30.9 Å². The number of piperidine rings is 1. The molecule has 10 heteroatoms. The molecule has 0 saturated carbocycles. The predicted octanol–water partition coefficient (Wildman–Crippen LogP) is 1.20. The number of carbonyl (C=O) groups excluding carboxylic acids is 1. The Kier molecular flexibility index (Phi) is 7.12. The molecule has 32 heavy (non-hydrogen) atoms. The standard InChI is InChI=1S/C22H29ClN4O5/c1-14-8-16(9-15(2)20(14)23)32-13-22(31)6-5-7-27(12-22)11-18(28)24-17-10-19(29)26(4)21(30)25(17)3/h8-10,31H,5-7,11-13H2,1-4H3,(H,24,28). The van der Waals surface area contributed by atoms with Gasteiger partial charge in [0.05, 0.1) is 6.54 Å². The zero-order valence-electron chi connectivity index (χ0n) is 18.8. The first-order valence-electron chi connectivity index (χ1n) is 10.4. The number of anilines is 1. The molecular formula is C22H29ClN4O5. The third kappa shape index (κ3) is 5.40. The number of nitrogens with one attached hydrogen (secondary N) is 1. The number of β-amino-alcohol motifs (C(OH)–C–C–N with tert-alkyl or cyclic N) is 1. The summed E-state index contributed by atoms with van der Waals surface area (Å²) in [6, 6.07) is 4.87. The van der Waals surface area contributed by atoms with E-state index in [1.54, 1.807) is 0 Å². The first kappa shape index (κ1) is 24.0. The fourth-order valence-electron chi connectivity index (χ4n) is 3.90. The van der Waals surface area contributed by atoms with Gasteiger partial charge in [0.2, 0.25) is 5.91 Å². The van der Waals surface area contributed by atoms with Crippen molar-refractivity contribution in [3.8, 4) is 5.75 Å². The number of likely N-dealkylation sites (tertiary alicyclic amines) is 1. The number of ether oxygens (including phenoxy) is 1. The van der Waals surface area contributed by atoms with E-state index in [-0.39, 0.29) is 31.4 Å². The van der Waals surface area contributed by atoms with Gasteiger partial charge in [-0.1, -0.05) is 11.6 Å². The highest BCUT2D eigenvalue weighted by molar-refractivity contribution is 6.32. The highest BCUT2D eigenvalue weighted by Gasteiger charge is 2.35. The number of amides is 1. The van der Waals surface area contributed by atoms with Gasteiger partial charge in [0.15, 0.2) is 0 Å². The average Bonchev–Trinajstić information content (AvgIpc) is 2.73. The van der Waals surface area contributed by atoms with Crippen LogP contribution in [0.1, 0.15) is 24.0 Å². The van der Waals surface area contributed by atoms with Crippen LogP contribution in [-0.2, 0) is 18.9 Å². The molecule has 3 rings (SSSR count). The molecule has 1 unspecified atom stereocenters. The van der Waals surface area contributed by atoms with Crippen molar-refractivity contribution in [3.63, 3.8) is 0 Å². The Hall–Kier alpha value is -2.62. The number of aryl methyl sites for hydroxylation is 2. The van der Waals surface area contributed by atoms with Crippen molar-refractivity contribution in [2.24, 2.45) is 14.1 Å². The van der Waals surface area contributed by atoms with Gasteiger partial charge < -0.3 is 15.2 Å². The molecule has 0 bridgehead atoms. The van der Waals surface area contributed by atoms with Gasteiger partial charge in [0.1, 0.15) is 23.8 Å². The van der Waals surface area contributed by atoms with Crippen molar-refractivity contribution in [2.45, 2.75) is 32.3 Å². The van der Waals surface area contributed by atoms with Gasteiger partial charge in [-0.3, -0.25) is 23.6 Å². The van der Waals surface area contributed by atoms with Crippen LogP contribution in [0.15, 0.2) is 27.8 Å². The monoisotopic (exact) mass is 464 g/mol. The Morgan fingerprint density at radius 2 is 1.84 bits per heavy atom. The minimum atomic E-state index is -1.10. The average molecular weight is 465 g/mol. The molecule has 2 heterocycles. The lowest BCUT2D eigenvalue weighted by molar-refractivity contribution is -0.120. The van der Waals surface area contributed by atoms with Crippen LogP contribution in [0, 0.1) is 13.8 Å². The lowest BCUT2D eigenvalue weighted by atomic mass is 9.93. The molecule has 1 atom stereocenters. The summed E-state index contributed by atoms with van der Waals surface area (Å²) >= 11 is 6.20. The van der Waals surface area contributed by atoms with Gasteiger partial charge in [0, 0.05) is 31.7 Å². The number of benzene rings is 1.